The molecule has 1 heteroatoms. The van der Waals surface area contributed by atoms with E-state index in [0.29, 0.717) is 6.04 Å². The van der Waals surface area contributed by atoms with E-state index in [4.69, 9.17) is 0 Å². The lowest BCUT2D eigenvalue weighted by atomic mass is 9.69. The molecule has 0 radical (unpaired) electrons. The second-order valence-corrected chi connectivity index (χ2v) is 6.31. The van der Waals surface area contributed by atoms with Crippen molar-refractivity contribution in [2.75, 3.05) is 6.54 Å². The molecule has 16 heavy (non-hydrogen) atoms. The fourth-order valence-electron chi connectivity index (χ4n) is 3.12. The van der Waals surface area contributed by atoms with Crippen molar-refractivity contribution in [2.24, 2.45) is 23.7 Å². The lowest BCUT2D eigenvalue weighted by molar-refractivity contribution is 0.140. The Labute approximate surface area is 102 Å². The van der Waals surface area contributed by atoms with Gasteiger partial charge in [-0.3, -0.25) is 0 Å². The highest BCUT2D eigenvalue weighted by Gasteiger charge is 2.30. The van der Waals surface area contributed by atoms with Gasteiger partial charge in [-0.05, 0) is 49.5 Å². The van der Waals surface area contributed by atoms with Crippen LogP contribution in [0.1, 0.15) is 60.3 Å². The molecule has 0 aromatic rings. The van der Waals surface area contributed by atoms with Crippen molar-refractivity contribution in [3.8, 4) is 0 Å². The summed E-state index contributed by atoms with van der Waals surface area (Å²) in [7, 11) is 0. The van der Waals surface area contributed by atoms with Crippen LogP contribution in [-0.2, 0) is 0 Å². The molecular weight excluding hydrogens is 194 g/mol. The Morgan fingerprint density at radius 2 is 1.75 bits per heavy atom. The SMILES string of the molecule is CCC1CC(C(C)C)CCC1CNC(C)C. The van der Waals surface area contributed by atoms with Gasteiger partial charge >= 0.3 is 0 Å². The molecule has 0 amide bonds. The predicted molar refractivity (Wildman–Crippen MR) is 72.6 cm³/mol. The van der Waals surface area contributed by atoms with E-state index in [1.165, 1.54) is 32.2 Å². The summed E-state index contributed by atoms with van der Waals surface area (Å²) in [6.45, 7) is 12.9. The Kier molecular flexibility index (Phi) is 5.82. The molecule has 1 aliphatic rings. The Balaban J connectivity index is 2.42. The van der Waals surface area contributed by atoms with E-state index in [2.05, 4.69) is 39.9 Å². The van der Waals surface area contributed by atoms with Crippen LogP contribution in [0.25, 0.3) is 0 Å². The van der Waals surface area contributed by atoms with Gasteiger partial charge < -0.3 is 5.32 Å². The maximum atomic E-state index is 3.62. The highest BCUT2D eigenvalue weighted by atomic mass is 14.9. The molecule has 0 bridgehead atoms. The quantitative estimate of drug-likeness (QED) is 0.743. The standard InChI is InChI=1S/C15H31N/c1-6-13-9-14(11(2)3)7-8-15(13)10-16-12(4)5/h11-16H,6-10H2,1-5H3. The molecule has 3 atom stereocenters. The molecule has 0 aromatic carbocycles. The van der Waals surface area contributed by atoms with Gasteiger partial charge in [0.05, 0.1) is 0 Å². The third-order valence-electron chi connectivity index (χ3n) is 4.44. The van der Waals surface area contributed by atoms with E-state index in [1.54, 1.807) is 0 Å². The number of hydrogen-bond acceptors (Lipinski definition) is 1. The minimum absolute atomic E-state index is 0.639. The summed E-state index contributed by atoms with van der Waals surface area (Å²) < 4.78 is 0. The first-order valence-electron chi connectivity index (χ1n) is 7.27. The molecule has 1 N–H and O–H groups in total. The maximum absolute atomic E-state index is 3.62. The second-order valence-electron chi connectivity index (χ2n) is 6.31. The molecule has 0 spiro atoms. The molecule has 0 aromatic heterocycles. The molecule has 0 saturated heterocycles. The van der Waals surface area contributed by atoms with Gasteiger partial charge in [-0.25, -0.2) is 0 Å². The average Bonchev–Trinajstić information content (AvgIpc) is 2.25. The second kappa shape index (κ2) is 6.64. The Bertz CT molecular complexity index is 186. The number of hydrogen-bond donors (Lipinski definition) is 1. The Morgan fingerprint density at radius 3 is 2.25 bits per heavy atom. The van der Waals surface area contributed by atoms with Crippen LogP contribution >= 0.6 is 0 Å². The van der Waals surface area contributed by atoms with Crippen LogP contribution in [-0.4, -0.2) is 12.6 Å². The summed E-state index contributed by atoms with van der Waals surface area (Å²) in [4.78, 5) is 0. The van der Waals surface area contributed by atoms with E-state index < -0.39 is 0 Å². The van der Waals surface area contributed by atoms with Gasteiger partial charge in [0.15, 0.2) is 0 Å². The molecule has 1 aliphatic carbocycles. The normalized spacial score (nSPS) is 31.3. The van der Waals surface area contributed by atoms with Gasteiger partial charge in [0, 0.05) is 6.04 Å². The van der Waals surface area contributed by atoms with Gasteiger partial charge in [-0.1, -0.05) is 41.0 Å². The van der Waals surface area contributed by atoms with Gasteiger partial charge in [-0.15, -0.1) is 0 Å². The molecule has 1 rings (SSSR count). The molecule has 0 heterocycles. The van der Waals surface area contributed by atoms with Crippen molar-refractivity contribution in [3.63, 3.8) is 0 Å². The molecule has 1 fully saturated rings. The van der Waals surface area contributed by atoms with Crippen molar-refractivity contribution in [1.82, 2.24) is 5.32 Å². The highest BCUT2D eigenvalue weighted by molar-refractivity contribution is 4.82. The average molecular weight is 225 g/mol. The molecule has 1 saturated carbocycles. The summed E-state index contributed by atoms with van der Waals surface area (Å²) in [5.74, 6) is 3.77. The van der Waals surface area contributed by atoms with Crippen LogP contribution < -0.4 is 5.32 Å². The van der Waals surface area contributed by atoms with Gasteiger partial charge in [0.2, 0.25) is 0 Å². The third-order valence-corrected chi connectivity index (χ3v) is 4.44. The topological polar surface area (TPSA) is 12.0 Å². The van der Waals surface area contributed by atoms with Crippen LogP contribution in [0.4, 0.5) is 0 Å². The van der Waals surface area contributed by atoms with E-state index in [-0.39, 0.29) is 0 Å². The van der Waals surface area contributed by atoms with Crippen molar-refractivity contribution >= 4 is 0 Å². The van der Waals surface area contributed by atoms with Gasteiger partial charge in [0.25, 0.3) is 0 Å². The number of rotatable bonds is 5. The molecular formula is C15H31N. The smallest absolute Gasteiger partial charge is 0.00104 e. The van der Waals surface area contributed by atoms with E-state index in [0.717, 1.165) is 23.7 Å². The summed E-state index contributed by atoms with van der Waals surface area (Å²) in [5, 5.41) is 3.62. The van der Waals surface area contributed by atoms with Crippen molar-refractivity contribution in [1.29, 1.82) is 0 Å². The van der Waals surface area contributed by atoms with Gasteiger partial charge in [-0.2, -0.15) is 0 Å². The summed E-state index contributed by atoms with van der Waals surface area (Å²) in [5.41, 5.74) is 0. The van der Waals surface area contributed by atoms with Crippen molar-refractivity contribution in [3.05, 3.63) is 0 Å². The van der Waals surface area contributed by atoms with Crippen LogP contribution in [0.3, 0.4) is 0 Å². The van der Waals surface area contributed by atoms with Crippen LogP contribution in [0.2, 0.25) is 0 Å². The first-order chi connectivity index (χ1) is 7.54. The minimum Gasteiger partial charge on any atom is -0.314 e. The summed E-state index contributed by atoms with van der Waals surface area (Å²) >= 11 is 0. The highest BCUT2D eigenvalue weighted by Crippen LogP contribution is 2.38. The van der Waals surface area contributed by atoms with Crippen molar-refractivity contribution < 1.29 is 0 Å². The van der Waals surface area contributed by atoms with Crippen molar-refractivity contribution in [2.45, 2.75) is 66.3 Å². The zero-order valence-electron chi connectivity index (χ0n) is 11.9. The fraction of sp³-hybridized carbons (Fsp3) is 1.00. The monoisotopic (exact) mass is 225 g/mol. The summed E-state index contributed by atoms with van der Waals surface area (Å²) in [6, 6.07) is 0.639. The molecule has 3 unspecified atom stereocenters. The lowest BCUT2D eigenvalue weighted by Gasteiger charge is -2.38. The molecule has 1 nitrogen and oxygen atoms in total. The summed E-state index contributed by atoms with van der Waals surface area (Å²) in [6.07, 6.45) is 5.74. The Hall–Kier alpha value is -0.0400. The van der Waals surface area contributed by atoms with E-state index in [1.807, 2.05) is 0 Å². The fourth-order valence-corrected chi connectivity index (χ4v) is 3.12. The number of nitrogens with one attached hydrogen (secondary N) is 1. The van der Waals surface area contributed by atoms with E-state index in [9.17, 15) is 0 Å². The van der Waals surface area contributed by atoms with Crippen LogP contribution in [0.5, 0.6) is 0 Å². The first kappa shape index (κ1) is 14.0. The third kappa shape index (κ3) is 4.08. The zero-order chi connectivity index (χ0) is 12.1. The minimum atomic E-state index is 0.639. The Morgan fingerprint density at radius 1 is 1.06 bits per heavy atom. The molecule has 96 valence electrons. The first-order valence-corrected chi connectivity index (χ1v) is 7.27. The van der Waals surface area contributed by atoms with E-state index >= 15 is 0 Å². The predicted octanol–water partition coefficient (Wildman–Crippen LogP) is 4.08. The van der Waals surface area contributed by atoms with Crippen LogP contribution in [0.15, 0.2) is 0 Å². The lowest BCUT2D eigenvalue weighted by Crippen LogP contribution is -2.36. The molecule has 0 aliphatic heterocycles. The van der Waals surface area contributed by atoms with Gasteiger partial charge in [0.1, 0.15) is 0 Å². The van der Waals surface area contributed by atoms with Crippen LogP contribution in [0, 0.1) is 23.7 Å². The largest absolute Gasteiger partial charge is 0.314 e. The zero-order valence-corrected chi connectivity index (χ0v) is 11.9. The maximum Gasteiger partial charge on any atom is 0.00104 e.